The van der Waals surface area contributed by atoms with Crippen LogP contribution in [0.5, 0.6) is 0 Å². The number of piperazine rings is 1. The Hall–Kier alpha value is -2.83. The van der Waals surface area contributed by atoms with Gasteiger partial charge in [-0.15, -0.1) is 0 Å². The molecule has 132 valence electrons. The number of aromatic nitrogens is 2. The van der Waals surface area contributed by atoms with Gasteiger partial charge < -0.3 is 9.80 Å². The lowest BCUT2D eigenvalue weighted by Gasteiger charge is -2.36. The molecule has 1 aliphatic heterocycles. The molecule has 2 aromatic rings. The Morgan fingerprint density at radius 2 is 1.80 bits per heavy atom. The van der Waals surface area contributed by atoms with E-state index in [2.05, 4.69) is 30.0 Å². The highest BCUT2D eigenvalue weighted by Gasteiger charge is 2.22. The maximum Gasteiger partial charge on any atom is 0.331 e. The first-order valence-electron chi connectivity index (χ1n) is 8.31. The molecule has 0 aliphatic carbocycles. The average Bonchev–Trinajstić information content (AvgIpc) is 2.62. The summed E-state index contributed by atoms with van der Waals surface area (Å²) in [5.41, 5.74) is 1.53. The molecule has 0 unspecified atom stereocenters. The first-order chi connectivity index (χ1) is 12.0. The van der Waals surface area contributed by atoms with Crippen molar-refractivity contribution in [2.45, 2.75) is 13.5 Å². The zero-order valence-electron chi connectivity index (χ0n) is 14.5. The van der Waals surface area contributed by atoms with Gasteiger partial charge in [0.2, 0.25) is 5.91 Å². The van der Waals surface area contributed by atoms with Crippen LogP contribution in [0.4, 0.5) is 5.69 Å². The summed E-state index contributed by atoms with van der Waals surface area (Å²) in [4.78, 5) is 39.9. The number of amides is 1. The van der Waals surface area contributed by atoms with Crippen LogP contribution < -0.4 is 16.1 Å². The van der Waals surface area contributed by atoms with Crippen molar-refractivity contribution in [3.63, 3.8) is 0 Å². The van der Waals surface area contributed by atoms with Crippen molar-refractivity contribution in [1.82, 2.24) is 14.0 Å². The summed E-state index contributed by atoms with van der Waals surface area (Å²) < 4.78 is 2.28. The molecule has 0 saturated carbocycles. The van der Waals surface area contributed by atoms with E-state index in [1.807, 2.05) is 6.07 Å². The minimum absolute atomic E-state index is 0.0442. The molecule has 1 aliphatic rings. The van der Waals surface area contributed by atoms with E-state index in [-0.39, 0.29) is 18.0 Å². The van der Waals surface area contributed by atoms with E-state index >= 15 is 0 Å². The molecule has 25 heavy (non-hydrogen) atoms. The average molecular weight is 342 g/mol. The second kappa shape index (κ2) is 6.96. The molecule has 7 nitrogen and oxygen atoms in total. The lowest BCUT2D eigenvalue weighted by atomic mass is 10.2. The number of aryl methyl sites for hydroxylation is 1. The van der Waals surface area contributed by atoms with E-state index in [1.165, 1.54) is 35.1 Å². The van der Waals surface area contributed by atoms with Gasteiger partial charge >= 0.3 is 5.69 Å². The van der Waals surface area contributed by atoms with Gasteiger partial charge in [0.05, 0.1) is 0 Å². The predicted molar refractivity (Wildman–Crippen MR) is 95.9 cm³/mol. The molecule has 3 rings (SSSR count). The number of rotatable bonds is 3. The summed E-state index contributed by atoms with van der Waals surface area (Å²) in [5, 5.41) is 0. The predicted octanol–water partition coefficient (Wildman–Crippen LogP) is 0.204. The molecule has 1 saturated heterocycles. The Labute approximate surface area is 145 Å². The first-order valence-corrected chi connectivity index (χ1v) is 8.31. The van der Waals surface area contributed by atoms with Crippen molar-refractivity contribution in [2.24, 2.45) is 7.05 Å². The highest BCUT2D eigenvalue weighted by atomic mass is 16.2. The van der Waals surface area contributed by atoms with Crippen LogP contribution in [-0.2, 0) is 18.4 Å². The van der Waals surface area contributed by atoms with E-state index in [0.29, 0.717) is 13.1 Å². The van der Waals surface area contributed by atoms with Gasteiger partial charge in [0.15, 0.2) is 0 Å². The third-order valence-corrected chi connectivity index (χ3v) is 4.57. The van der Waals surface area contributed by atoms with E-state index in [0.717, 1.165) is 17.7 Å². The summed E-state index contributed by atoms with van der Waals surface area (Å²) >= 11 is 0. The number of carbonyl (C=O) groups is 1. The normalized spacial score (nSPS) is 14.6. The topological polar surface area (TPSA) is 67.5 Å². The van der Waals surface area contributed by atoms with Crippen LogP contribution in [0.3, 0.4) is 0 Å². The molecule has 1 fully saturated rings. The number of hydrogen-bond acceptors (Lipinski definition) is 4. The summed E-state index contributed by atoms with van der Waals surface area (Å²) in [6, 6.07) is 9.61. The zero-order chi connectivity index (χ0) is 18.0. The van der Waals surface area contributed by atoms with Gasteiger partial charge in [-0.05, 0) is 24.6 Å². The highest BCUT2D eigenvalue weighted by molar-refractivity contribution is 5.76. The molecule has 1 amide bonds. The van der Waals surface area contributed by atoms with E-state index < -0.39 is 5.69 Å². The molecule has 2 heterocycles. The van der Waals surface area contributed by atoms with Crippen molar-refractivity contribution >= 4 is 11.6 Å². The van der Waals surface area contributed by atoms with Crippen LogP contribution in [0.15, 0.2) is 46.1 Å². The molecule has 0 bridgehead atoms. The van der Waals surface area contributed by atoms with Gasteiger partial charge in [-0.25, -0.2) is 4.79 Å². The monoisotopic (exact) mass is 342 g/mol. The Bertz CT molecular complexity index is 892. The third kappa shape index (κ3) is 3.65. The lowest BCUT2D eigenvalue weighted by molar-refractivity contribution is -0.132. The minimum atomic E-state index is -0.473. The molecule has 0 spiro atoms. The Morgan fingerprint density at radius 3 is 2.48 bits per heavy atom. The molecular formula is C18H22N4O3. The summed E-state index contributed by atoms with van der Waals surface area (Å²) in [6.07, 6.45) is 1.38. The number of nitrogens with zero attached hydrogens (tertiary/aromatic N) is 4. The van der Waals surface area contributed by atoms with Crippen LogP contribution >= 0.6 is 0 Å². The Balaban J connectivity index is 1.63. The van der Waals surface area contributed by atoms with Gasteiger partial charge in [0.1, 0.15) is 6.54 Å². The second-order valence-electron chi connectivity index (χ2n) is 6.33. The van der Waals surface area contributed by atoms with Crippen molar-refractivity contribution in [2.75, 3.05) is 31.1 Å². The fourth-order valence-corrected chi connectivity index (χ4v) is 3.02. The summed E-state index contributed by atoms with van der Waals surface area (Å²) in [6.45, 7) is 4.78. The first kappa shape index (κ1) is 17.0. The Morgan fingerprint density at radius 1 is 1.08 bits per heavy atom. The third-order valence-electron chi connectivity index (χ3n) is 4.57. The summed E-state index contributed by atoms with van der Waals surface area (Å²) in [7, 11) is 1.41. The van der Waals surface area contributed by atoms with Gasteiger partial charge in [0, 0.05) is 51.2 Å². The largest absolute Gasteiger partial charge is 0.368 e. The fourth-order valence-electron chi connectivity index (χ4n) is 3.02. The molecule has 7 heteroatoms. The molecule has 0 N–H and O–H groups in total. The minimum Gasteiger partial charge on any atom is -0.368 e. The molecule has 1 aromatic carbocycles. The van der Waals surface area contributed by atoms with E-state index in [4.69, 9.17) is 0 Å². The van der Waals surface area contributed by atoms with Gasteiger partial charge in [-0.1, -0.05) is 12.1 Å². The van der Waals surface area contributed by atoms with Crippen molar-refractivity contribution in [1.29, 1.82) is 0 Å². The van der Waals surface area contributed by atoms with Crippen molar-refractivity contribution in [3.8, 4) is 0 Å². The molecule has 1 aromatic heterocycles. The quantitative estimate of drug-likeness (QED) is 0.799. The summed E-state index contributed by atoms with van der Waals surface area (Å²) in [5.74, 6) is -0.107. The Kier molecular flexibility index (Phi) is 4.74. The van der Waals surface area contributed by atoms with Crippen molar-refractivity contribution in [3.05, 3.63) is 62.9 Å². The van der Waals surface area contributed by atoms with Gasteiger partial charge in [-0.3, -0.25) is 18.7 Å². The second-order valence-corrected chi connectivity index (χ2v) is 6.33. The van der Waals surface area contributed by atoms with Crippen LogP contribution in [0.1, 0.15) is 5.56 Å². The van der Waals surface area contributed by atoms with Crippen LogP contribution in [0, 0.1) is 6.92 Å². The van der Waals surface area contributed by atoms with E-state index in [9.17, 15) is 14.4 Å². The van der Waals surface area contributed by atoms with Crippen LogP contribution in [0.2, 0.25) is 0 Å². The van der Waals surface area contributed by atoms with E-state index in [1.54, 1.807) is 4.90 Å². The SMILES string of the molecule is Cc1cccc(N2CCN(C(=O)Cn3ccc(=O)n(C)c3=O)CC2)c1. The lowest BCUT2D eigenvalue weighted by Crippen LogP contribution is -2.50. The smallest absolute Gasteiger partial charge is 0.331 e. The highest BCUT2D eigenvalue weighted by Crippen LogP contribution is 2.17. The maximum atomic E-state index is 12.5. The molecule has 0 radical (unpaired) electrons. The number of benzene rings is 1. The van der Waals surface area contributed by atoms with Crippen LogP contribution in [-0.4, -0.2) is 46.1 Å². The van der Waals surface area contributed by atoms with Crippen molar-refractivity contribution < 1.29 is 4.79 Å². The number of anilines is 1. The maximum absolute atomic E-state index is 12.5. The van der Waals surface area contributed by atoms with Crippen LogP contribution in [0.25, 0.3) is 0 Å². The molecular weight excluding hydrogens is 320 g/mol. The number of carbonyl (C=O) groups excluding carboxylic acids is 1. The zero-order valence-corrected chi connectivity index (χ0v) is 14.5. The number of hydrogen-bond donors (Lipinski definition) is 0. The molecule has 0 atom stereocenters. The van der Waals surface area contributed by atoms with Gasteiger partial charge in [0.25, 0.3) is 5.56 Å². The van der Waals surface area contributed by atoms with Gasteiger partial charge in [-0.2, -0.15) is 0 Å². The standard InChI is InChI=1S/C18H22N4O3/c1-14-4-3-5-15(12-14)20-8-10-21(11-9-20)17(24)13-22-7-6-16(23)19(2)18(22)25/h3-7,12H,8-11,13H2,1-2H3. The fraction of sp³-hybridized carbons (Fsp3) is 0.389.